The highest BCUT2D eigenvalue weighted by Crippen LogP contribution is 2.28. The Morgan fingerprint density at radius 2 is 2.39 bits per heavy atom. The van der Waals surface area contributed by atoms with Gasteiger partial charge in [0.2, 0.25) is 0 Å². The van der Waals surface area contributed by atoms with E-state index in [2.05, 4.69) is 41.4 Å². The molecule has 1 aromatic heterocycles. The molecule has 0 spiro atoms. The fourth-order valence-electron chi connectivity index (χ4n) is 2.53. The Balaban J connectivity index is 1.81. The predicted molar refractivity (Wildman–Crippen MR) is 78.4 cm³/mol. The third-order valence-electron chi connectivity index (χ3n) is 3.47. The summed E-state index contributed by atoms with van der Waals surface area (Å²) in [5.74, 6) is 0.663. The van der Waals surface area contributed by atoms with Gasteiger partial charge in [-0.05, 0) is 26.3 Å². The Morgan fingerprint density at radius 1 is 1.56 bits per heavy atom. The van der Waals surface area contributed by atoms with Gasteiger partial charge in [-0.1, -0.05) is 13.8 Å². The number of rotatable bonds is 5. The van der Waals surface area contributed by atoms with Gasteiger partial charge >= 0.3 is 0 Å². The van der Waals surface area contributed by atoms with Gasteiger partial charge in [0.05, 0.1) is 5.01 Å². The minimum Gasteiger partial charge on any atom is -0.313 e. The van der Waals surface area contributed by atoms with E-state index < -0.39 is 0 Å². The van der Waals surface area contributed by atoms with E-state index in [9.17, 15) is 0 Å². The van der Waals surface area contributed by atoms with Crippen LogP contribution in [0.2, 0.25) is 0 Å². The van der Waals surface area contributed by atoms with Crippen LogP contribution >= 0.6 is 11.3 Å². The maximum absolute atomic E-state index is 4.65. The van der Waals surface area contributed by atoms with Crippen molar-refractivity contribution in [3.05, 3.63) is 16.1 Å². The SMILES string of the molecule is Cc1csc([C@H]2CCCN(CCNC(C)C)C2)n1. The zero-order valence-corrected chi connectivity index (χ0v) is 12.6. The number of thiazole rings is 1. The van der Waals surface area contributed by atoms with Gasteiger partial charge in [-0.25, -0.2) is 4.98 Å². The van der Waals surface area contributed by atoms with Crippen molar-refractivity contribution in [2.75, 3.05) is 26.2 Å². The molecule has 2 rings (SSSR count). The molecule has 1 fully saturated rings. The molecule has 1 aromatic rings. The largest absolute Gasteiger partial charge is 0.313 e. The quantitative estimate of drug-likeness (QED) is 0.889. The van der Waals surface area contributed by atoms with Crippen molar-refractivity contribution in [1.82, 2.24) is 15.2 Å². The maximum Gasteiger partial charge on any atom is 0.0971 e. The van der Waals surface area contributed by atoms with Gasteiger partial charge in [0.25, 0.3) is 0 Å². The summed E-state index contributed by atoms with van der Waals surface area (Å²) in [5, 5.41) is 7.01. The van der Waals surface area contributed by atoms with E-state index in [1.807, 2.05) is 11.3 Å². The van der Waals surface area contributed by atoms with Gasteiger partial charge in [-0.15, -0.1) is 11.3 Å². The second kappa shape index (κ2) is 6.64. The summed E-state index contributed by atoms with van der Waals surface area (Å²) in [5.41, 5.74) is 1.17. The molecule has 0 aliphatic carbocycles. The van der Waals surface area contributed by atoms with E-state index in [1.54, 1.807) is 0 Å². The topological polar surface area (TPSA) is 28.2 Å². The highest BCUT2D eigenvalue weighted by molar-refractivity contribution is 7.09. The molecule has 1 aliphatic rings. The van der Waals surface area contributed by atoms with E-state index in [1.165, 1.54) is 43.2 Å². The first-order valence-corrected chi connectivity index (χ1v) is 7.91. The Hall–Kier alpha value is -0.450. The number of aromatic nitrogens is 1. The maximum atomic E-state index is 4.65. The zero-order chi connectivity index (χ0) is 13.0. The summed E-state index contributed by atoms with van der Waals surface area (Å²) in [6.45, 7) is 11.2. The van der Waals surface area contributed by atoms with Crippen LogP contribution in [0.25, 0.3) is 0 Å². The third kappa shape index (κ3) is 4.04. The molecule has 0 bridgehead atoms. The highest BCUT2D eigenvalue weighted by Gasteiger charge is 2.23. The number of aryl methyl sites for hydroxylation is 1. The molecule has 3 nitrogen and oxygen atoms in total. The fourth-order valence-corrected chi connectivity index (χ4v) is 3.46. The normalized spacial score (nSPS) is 21.7. The van der Waals surface area contributed by atoms with Crippen molar-refractivity contribution < 1.29 is 0 Å². The van der Waals surface area contributed by atoms with Crippen molar-refractivity contribution >= 4 is 11.3 Å². The van der Waals surface area contributed by atoms with Crippen LogP contribution in [0.5, 0.6) is 0 Å². The van der Waals surface area contributed by atoms with E-state index >= 15 is 0 Å². The second-order valence-electron chi connectivity index (χ2n) is 5.58. The van der Waals surface area contributed by atoms with E-state index in [0.29, 0.717) is 12.0 Å². The third-order valence-corrected chi connectivity index (χ3v) is 4.60. The second-order valence-corrected chi connectivity index (χ2v) is 6.47. The number of likely N-dealkylation sites (tertiary alicyclic amines) is 1. The van der Waals surface area contributed by atoms with E-state index in [0.717, 1.165) is 6.54 Å². The first-order valence-electron chi connectivity index (χ1n) is 7.03. The van der Waals surface area contributed by atoms with Crippen LogP contribution < -0.4 is 5.32 Å². The minimum absolute atomic E-state index is 0.590. The molecule has 0 amide bonds. The summed E-state index contributed by atoms with van der Waals surface area (Å²) in [6, 6.07) is 0.590. The van der Waals surface area contributed by atoms with Gasteiger partial charge in [-0.2, -0.15) is 0 Å². The standard InChI is InChI=1S/C14H25N3S/c1-11(2)15-6-8-17-7-4-5-13(9-17)14-16-12(3)10-18-14/h10-11,13,15H,4-9H2,1-3H3/t13-/m0/s1. The molecule has 0 saturated carbocycles. The summed E-state index contributed by atoms with van der Waals surface area (Å²) >= 11 is 1.83. The first kappa shape index (κ1) is 14.0. The van der Waals surface area contributed by atoms with Gasteiger partial charge < -0.3 is 10.2 Å². The Labute approximate surface area is 115 Å². The van der Waals surface area contributed by atoms with Gasteiger partial charge in [0.1, 0.15) is 0 Å². The number of nitrogens with one attached hydrogen (secondary N) is 1. The summed E-state index contributed by atoms with van der Waals surface area (Å²) in [7, 11) is 0. The molecular weight excluding hydrogens is 242 g/mol. The Morgan fingerprint density at radius 3 is 3.06 bits per heavy atom. The lowest BCUT2D eigenvalue weighted by molar-refractivity contribution is 0.207. The molecule has 0 unspecified atom stereocenters. The average Bonchev–Trinajstić information content (AvgIpc) is 2.76. The van der Waals surface area contributed by atoms with E-state index in [4.69, 9.17) is 0 Å². The summed E-state index contributed by atoms with van der Waals surface area (Å²) in [4.78, 5) is 7.24. The van der Waals surface area contributed by atoms with Crippen LogP contribution in [0.15, 0.2) is 5.38 Å². The van der Waals surface area contributed by atoms with Gasteiger partial charge in [0, 0.05) is 42.7 Å². The van der Waals surface area contributed by atoms with Crippen LogP contribution in [-0.2, 0) is 0 Å². The summed E-state index contributed by atoms with van der Waals surface area (Å²) < 4.78 is 0. The van der Waals surface area contributed by atoms with Crippen molar-refractivity contribution in [2.45, 2.75) is 45.6 Å². The Kier molecular flexibility index (Phi) is 5.15. The molecule has 1 saturated heterocycles. The Bertz CT molecular complexity index is 362. The van der Waals surface area contributed by atoms with Crippen molar-refractivity contribution in [3.63, 3.8) is 0 Å². The lowest BCUT2D eigenvalue weighted by atomic mass is 9.99. The molecule has 102 valence electrons. The predicted octanol–water partition coefficient (Wildman–Crippen LogP) is 2.63. The van der Waals surface area contributed by atoms with Crippen LogP contribution in [0.1, 0.15) is 43.3 Å². The van der Waals surface area contributed by atoms with Crippen LogP contribution in [0.3, 0.4) is 0 Å². The monoisotopic (exact) mass is 267 g/mol. The number of hydrogen-bond donors (Lipinski definition) is 1. The molecule has 1 atom stereocenters. The number of hydrogen-bond acceptors (Lipinski definition) is 4. The number of nitrogens with zero attached hydrogens (tertiary/aromatic N) is 2. The lowest BCUT2D eigenvalue weighted by Gasteiger charge is -2.32. The smallest absolute Gasteiger partial charge is 0.0971 e. The number of piperidine rings is 1. The molecule has 0 aromatic carbocycles. The van der Waals surface area contributed by atoms with E-state index in [-0.39, 0.29) is 0 Å². The van der Waals surface area contributed by atoms with Gasteiger partial charge in [0.15, 0.2) is 0 Å². The molecule has 4 heteroatoms. The fraction of sp³-hybridized carbons (Fsp3) is 0.786. The first-order chi connectivity index (χ1) is 8.65. The van der Waals surface area contributed by atoms with Crippen molar-refractivity contribution in [3.8, 4) is 0 Å². The summed E-state index contributed by atoms with van der Waals surface area (Å²) in [6.07, 6.45) is 2.62. The van der Waals surface area contributed by atoms with Crippen molar-refractivity contribution in [2.24, 2.45) is 0 Å². The van der Waals surface area contributed by atoms with Gasteiger partial charge in [-0.3, -0.25) is 0 Å². The molecule has 0 radical (unpaired) electrons. The molecule has 1 N–H and O–H groups in total. The molecule has 18 heavy (non-hydrogen) atoms. The minimum atomic E-state index is 0.590. The molecule has 2 heterocycles. The molecule has 1 aliphatic heterocycles. The molecular formula is C14H25N3S. The highest BCUT2D eigenvalue weighted by atomic mass is 32.1. The lowest BCUT2D eigenvalue weighted by Crippen LogP contribution is -2.40. The van der Waals surface area contributed by atoms with Crippen LogP contribution in [0, 0.1) is 6.92 Å². The van der Waals surface area contributed by atoms with Crippen molar-refractivity contribution in [1.29, 1.82) is 0 Å². The zero-order valence-electron chi connectivity index (χ0n) is 11.8. The van der Waals surface area contributed by atoms with Crippen LogP contribution in [-0.4, -0.2) is 42.1 Å². The van der Waals surface area contributed by atoms with Crippen LogP contribution in [0.4, 0.5) is 0 Å². The average molecular weight is 267 g/mol.